The molecule has 0 saturated heterocycles. The number of allylic oxidation sites excluding steroid dienone is 1. The first-order valence-electron chi connectivity index (χ1n) is 14.9. The molecule has 2 heterocycles. The lowest BCUT2D eigenvalue weighted by Gasteiger charge is -2.20. The van der Waals surface area contributed by atoms with E-state index in [0.717, 1.165) is 85.3 Å². The number of aliphatic imine (C=N–C) groups is 2. The molecule has 214 valence electrons. The van der Waals surface area contributed by atoms with Crippen molar-refractivity contribution in [3.8, 4) is 28.1 Å². The van der Waals surface area contributed by atoms with Gasteiger partial charge in [0.1, 0.15) is 11.6 Å². The highest BCUT2D eigenvalue weighted by Crippen LogP contribution is 2.49. The summed E-state index contributed by atoms with van der Waals surface area (Å²) in [6.45, 7) is 0. The third-order valence-electron chi connectivity index (χ3n) is 8.94. The number of hydrogen-bond acceptors (Lipinski definition) is 2. The molecule has 0 fully saturated rings. The molecule has 7 heteroatoms. The van der Waals surface area contributed by atoms with Gasteiger partial charge in [0.15, 0.2) is 5.84 Å². The summed E-state index contributed by atoms with van der Waals surface area (Å²) in [6, 6.07) is 33.9. The molecule has 0 amide bonds. The normalized spacial score (nSPS) is 15.8. The first-order chi connectivity index (χ1) is 21.6. The average molecular weight is 579 g/mol. The second kappa shape index (κ2) is 10.6. The predicted molar refractivity (Wildman–Crippen MR) is 175 cm³/mol. The second-order valence-electron chi connectivity index (χ2n) is 11.3. The third kappa shape index (κ3) is 4.18. The van der Waals surface area contributed by atoms with Crippen molar-refractivity contribution in [1.82, 2.24) is 4.48 Å². The van der Waals surface area contributed by atoms with Gasteiger partial charge in [-0.25, -0.2) is 9.98 Å². The number of methoxy groups -OCH3 is 1. The summed E-state index contributed by atoms with van der Waals surface area (Å²) < 4.78 is 37.4. The lowest BCUT2D eigenvalue weighted by molar-refractivity contribution is 0.414. The van der Waals surface area contributed by atoms with Crippen molar-refractivity contribution in [1.29, 1.82) is 0 Å². The van der Waals surface area contributed by atoms with Crippen molar-refractivity contribution >= 4 is 35.9 Å². The smallest absolute Gasteiger partial charge is 0.497 e. The van der Waals surface area contributed by atoms with E-state index in [1.54, 1.807) is 7.11 Å². The maximum Gasteiger partial charge on any atom is 0.679 e. The van der Waals surface area contributed by atoms with E-state index in [2.05, 4.69) is 18.2 Å². The van der Waals surface area contributed by atoms with Crippen LogP contribution in [0, 0.1) is 0 Å². The summed E-state index contributed by atoms with van der Waals surface area (Å²) in [6.07, 6.45) is 2.99. The van der Waals surface area contributed by atoms with Gasteiger partial charge in [0, 0.05) is 28.0 Å². The number of hydrogen-bond donors (Lipinski definition) is 0. The van der Waals surface area contributed by atoms with Gasteiger partial charge < -0.3 is 9.21 Å². The second-order valence-corrected chi connectivity index (χ2v) is 11.3. The maximum atomic E-state index is 15.4. The van der Waals surface area contributed by atoms with Crippen LogP contribution in [0.1, 0.15) is 34.2 Å². The Morgan fingerprint density at radius 2 is 1.43 bits per heavy atom. The van der Waals surface area contributed by atoms with Crippen LogP contribution < -0.4 is 4.74 Å². The molecule has 3 aliphatic rings. The van der Waals surface area contributed by atoms with E-state index < -0.39 is 7.40 Å². The first-order valence-corrected chi connectivity index (χ1v) is 14.9. The van der Waals surface area contributed by atoms with Gasteiger partial charge in [-0.3, -0.25) is 8.63 Å². The van der Waals surface area contributed by atoms with Gasteiger partial charge in [0.05, 0.1) is 12.8 Å². The number of ether oxygens (including phenoxy) is 1. The topological polar surface area (TPSA) is 38.9 Å². The largest absolute Gasteiger partial charge is 0.679 e. The lowest BCUT2D eigenvalue weighted by Crippen LogP contribution is -2.16. The quantitative estimate of drug-likeness (QED) is 0.192. The van der Waals surface area contributed by atoms with Crippen molar-refractivity contribution < 1.29 is 13.4 Å². The Kier molecular flexibility index (Phi) is 6.40. The Labute approximate surface area is 255 Å². The van der Waals surface area contributed by atoms with Gasteiger partial charge in [-0.2, -0.15) is 0 Å². The van der Waals surface area contributed by atoms with Crippen LogP contribution in [0.5, 0.6) is 5.75 Å². The molecule has 1 aliphatic heterocycles. The molecule has 0 unspecified atom stereocenters. The standard InChI is InChI=1S/C37H28BF2N3O/c1-44-27-18-20-29-26(22-27)16-19-30-32(24-11-4-2-5-12-24)37(43(35(29)30)38(39)40)42-36-33(25-13-6-3-7-14-25)34-28-15-9-8-10-23(28)17-21-31(34)41-36/h2-15,18,20,22H,16-17,19,21H2,1H3/b42-36-. The Hall–Kier alpha value is -5.04. The Balaban J connectivity index is 1.44. The van der Waals surface area contributed by atoms with Gasteiger partial charge in [0.2, 0.25) is 0 Å². The van der Waals surface area contributed by atoms with Crippen LogP contribution >= 0.6 is 0 Å². The monoisotopic (exact) mass is 579 g/mol. The number of fused-ring (bicyclic) bond motifs is 6. The molecule has 44 heavy (non-hydrogen) atoms. The molecule has 0 spiro atoms. The molecule has 0 bridgehead atoms. The number of benzene rings is 4. The fourth-order valence-electron chi connectivity index (χ4n) is 7.02. The van der Waals surface area contributed by atoms with Gasteiger partial charge in [0.25, 0.3) is 0 Å². The van der Waals surface area contributed by atoms with E-state index >= 15 is 8.63 Å². The van der Waals surface area contributed by atoms with Crippen molar-refractivity contribution in [3.05, 3.63) is 131 Å². The van der Waals surface area contributed by atoms with Crippen LogP contribution in [0.25, 0.3) is 33.5 Å². The molecule has 4 aromatic carbocycles. The molecule has 1 aromatic heterocycles. The zero-order chi connectivity index (χ0) is 29.8. The molecule has 2 aliphatic carbocycles. The van der Waals surface area contributed by atoms with Gasteiger partial charge in [-0.15, -0.1) is 0 Å². The van der Waals surface area contributed by atoms with Crippen LogP contribution in [0.15, 0.2) is 113 Å². The van der Waals surface area contributed by atoms with E-state index in [0.29, 0.717) is 18.0 Å². The number of aromatic nitrogens is 1. The van der Waals surface area contributed by atoms with E-state index in [9.17, 15) is 0 Å². The number of nitrogens with zero attached hydrogens (tertiary/aromatic N) is 3. The minimum Gasteiger partial charge on any atom is -0.497 e. The van der Waals surface area contributed by atoms with Crippen LogP contribution in [0.4, 0.5) is 14.4 Å². The molecule has 4 nitrogen and oxygen atoms in total. The Morgan fingerprint density at radius 1 is 0.727 bits per heavy atom. The highest BCUT2D eigenvalue weighted by atomic mass is 19.2. The fraction of sp³-hybridized carbons (Fsp3) is 0.135. The highest BCUT2D eigenvalue weighted by molar-refractivity contribution is 6.51. The van der Waals surface area contributed by atoms with Crippen molar-refractivity contribution in [2.24, 2.45) is 9.98 Å². The van der Waals surface area contributed by atoms with Crippen molar-refractivity contribution in [2.75, 3.05) is 7.11 Å². The molecule has 0 N–H and O–H groups in total. The molecule has 8 rings (SSSR count). The molecular weight excluding hydrogens is 551 g/mol. The average Bonchev–Trinajstić information content (AvgIpc) is 3.61. The Morgan fingerprint density at radius 3 is 2.18 bits per heavy atom. The zero-order valence-electron chi connectivity index (χ0n) is 24.2. The van der Waals surface area contributed by atoms with Crippen molar-refractivity contribution in [3.63, 3.8) is 0 Å². The fourth-order valence-corrected chi connectivity index (χ4v) is 7.02. The van der Waals surface area contributed by atoms with Crippen LogP contribution in [0.3, 0.4) is 0 Å². The first kappa shape index (κ1) is 26.6. The molecule has 0 radical (unpaired) electrons. The van der Waals surface area contributed by atoms with E-state index in [1.165, 1.54) is 5.56 Å². The summed E-state index contributed by atoms with van der Waals surface area (Å²) in [7, 11) is -1.18. The number of halogens is 2. The molecule has 5 aromatic rings. The summed E-state index contributed by atoms with van der Waals surface area (Å²) in [5, 5.41) is 0. The van der Waals surface area contributed by atoms with Gasteiger partial charge in [-0.05, 0) is 77.3 Å². The van der Waals surface area contributed by atoms with Crippen LogP contribution in [-0.4, -0.2) is 30.5 Å². The summed E-state index contributed by atoms with van der Waals surface area (Å²) in [5.41, 5.74) is 11.0. The summed E-state index contributed by atoms with van der Waals surface area (Å²) >= 11 is 0. The number of aryl methyl sites for hydroxylation is 2. The minimum atomic E-state index is -2.81. The highest BCUT2D eigenvalue weighted by Gasteiger charge is 2.37. The van der Waals surface area contributed by atoms with E-state index in [1.807, 2.05) is 84.9 Å². The SMILES string of the molecule is COc1ccc2c(c1)CCc1c(-c3ccccc3)c(/N=C3\N=C4CCc5ccccc5C4=C3c3ccccc3)n(B(F)F)c1-2. The summed E-state index contributed by atoms with van der Waals surface area (Å²) in [5.74, 6) is 1.43. The lowest BCUT2D eigenvalue weighted by atomic mass is 9.83. The Bertz CT molecular complexity index is 2030. The van der Waals surface area contributed by atoms with Crippen LogP contribution in [-0.2, 0) is 19.3 Å². The molecular formula is C37H28BF2N3O. The predicted octanol–water partition coefficient (Wildman–Crippen LogP) is 8.74. The van der Waals surface area contributed by atoms with E-state index in [4.69, 9.17) is 14.7 Å². The van der Waals surface area contributed by atoms with E-state index in [-0.39, 0.29) is 5.82 Å². The maximum absolute atomic E-state index is 15.4. The molecule has 0 saturated carbocycles. The van der Waals surface area contributed by atoms with Gasteiger partial charge >= 0.3 is 7.40 Å². The summed E-state index contributed by atoms with van der Waals surface area (Å²) in [4.78, 5) is 10.2. The van der Waals surface area contributed by atoms with Gasteiger partial charge in [-0.1, -0.05) is 84.9 Å². The minimum absolute atomic E-state index is 0.236. The van der Waals surface area contributed by atoms with Crippen LogP contribution in [0.2, 0.25) is 0 Å². The third-order valence-corrected chi connectivity index (χ3v) is 8.94. The number of amidine groups is 1. The zero-order valence-corrected chi connectivity index (χ0v) is 24.2. The van der Waals surface area contributed by atoms with Crippen molar-refractivity contribution in [2.45, 2.75) is 25.7 Å². The molecule has 0 atom stereocenters. The number of rotatable bonds is 5.